The largest absolute Gasteiger partial charge is 0.349 e. The van der Waals surface area contributed by atoms with Gasteiger partial charge in [-0.3, -0.25) is 4.79 Å². The molecule has 1 heterocycles. The van der Waals surface area contributed by atoms with Gasteiger partial charge in [-0.2, -0.15) is 0 Å². The van der Waals surface area contributed by atoms with E-state index in [1.807, 2.05) is 27.7 Å². The van der Waals surface area contributed by atoms with Crippen molar-refractivity contribution in [1.29, 1.82) is 0 Å². The number of hydrogen-bond acceptors (Lipinski definition) is 2. The predicted octanol–water partition coefficient (Wildman–Crippen LogP) is 1.30. The fraction of sp³-hybridized carbons (Fsp3) is 0.909. The second kappa shape index (κ2) is 3.46. The Morgan fingerprint density at radius 2 is 1.73 bits per heavy atom. The summed E-state index contributed by atoms with van der Waals surface area (Å²) >= 11 is 0. The number of carbonyl (C=O) groups is 1. The van der Waals surface area contributed by atoms with Crippen LogP contribution in [0.1, 0.15) is 34.1 Å². The van der Waals surface area contributed by atoms with Crippen LogP contribution < -0.4 is 0 Å². The standard InChI is InChI=1S/C11H21N2O2/c1-10(2)7-8(9(14)12(5)6)11(3,4)13(10)15/h8H,7H2,1-6H3. The molecule has 1 aliphatic rings. The molecule has 4 heteroatoms. The number of amides is 1. The third-order valence-electron chi connectivity index (χ3n) is 3.37. The first kappa shape index (κ1) is 12.5. The van der Waals surface area contributed by atoms with E-state index in [2.05, 4.69) is 0 Å². The van der Waals surface area contributed by atoms with E-state index in [-0.39, 0.29) is 11.8 Å². The van der Waals surface area contributed by atoms with Crippen molar-refractivity contribution < 1.29 is 10.0 Å². The maximum absolute atomic E-state index is 12.0. The molecule has 1 aliphatic heterocycles. The van der Waals surface area contributed by atoms with Gasteiger partial charge < -0.3 is 4.90 Å². The summed E-state index contributed by atoms with van der Waals surface area (Å²) < 4.78 is 0. The fourth-order valence-corrected chi connectivity index (χ4v) is 2.45. The number of carbonyl (C=O) groups excluding carboxylic acids is 1. The number of hydroxylamine groups is 2. The Hall–Kier alpha value is -0.610. The van der Waals surface area contributed by atoms with Crippen LogP contribution in [0.3, 0.4) is 0 Å². The van der Waals surface area contributed by atoms with Crippen molar-refractivity contribution >= 4 is 5.91 Å². The molecule has 1 radical (unpaired) electrons. The minimum Gasteiger partial charge on any atom is -0.349 e. The number of nitrogens with zero attached hydrogens (tertiary/aromatic N) is 2. The average Bonchev–Trinajstić information content (AvgIpc) is 2.25. The Morgan fingerprint density at radius 3 is 2.00 bits per heavy atom. The molecule has 1 atom stereocenters. The molecule has 15 heavy (non-hydrogen) atoms. The Morgan fingerprint density at radius 1 is 1.27 bits per heavy atom. The highest BCUT2D eigenvalue weighted by atomic mass is 16.5. The summed E-state index contributed by atoms with van der Waals surface area (Å²) in [6, 6.07) is 0. The van der Waals surface area contributed by atoms with E-state index >= 15 is 0 Å². The van der Waals surface area contributed by atoms with Crippen molar-refractivity contribution in [3.8, 4) is 0 Å². The summed E-state index contributed by atoms with van der Waals surface area (Å²) in [5.41, 5.74) is -1.05. The lowest BCUT2D eigenvalue weighted by Crippen LogP contribution is -2.48. The highest BCUT2D eigenvalue weighted by Crippen LogP contribution is 2.44. The highest BCUT2D eigenvalue weighted by molar-refractivity contribution is 5.80. The molecular formula is C11H21N2O2. The minimum absolute atomic E-state index is 0.0476. The van der Waals surface area contributed by atoms with Gasteiger partial charge in [0.25, 0.3) is 0 Å². The monoisotopic (exact) mass is 213 g/mol. The molecule has 0 N–H and O–H groups in total. The van der Waals surface area contributed by atoms with Crippen LogP contribution in [0.15, 0.2) is 0 Å². The van der Waals surface area contributed by atoms with Gasteiger partial charge in [-0.05, 0) is 34.1 Å². The zero-order chi connectivity index (χ0) is 12.0. The number of rotatable bonds is 1. The van der Waals surface area contributed by atoms with Gasteiger partial charge in [0.15, 0.2) is 0 Å². The highest BCUT2D eigenvalue weighted by Gasteiger charge is 2.55. The molecule has 0 aromatic heterocycles. The van der Waals surface area contributed by atoms with Crippen LogP contribution >= 0.6 is 0 Å². The molecule has 0 spiro atoms. The van der Waals surface area contributed by atoms with Crippen LogP contribution in [0.25, 0.3) is 0 Å². The summed E-state index contributed by atoms with van der Waals surface area (Å²) in [4.78, 5) is 13.5. The van der Waals surface area contributed by atoms with Crippen LogP contribution in [0.5, 0.6) is 0 Å². The quantitative estimate of drug-likeness (QED) is 0.659. The lowest BCUT2D eigenvalue weighted by Gasteiger charge is -2.33. The molecule has 4 nitrogen and oxygen atoms in total. The maximum atomic E-state index is 12.0. The Labute approximate surface area is 91.8 Å². The molecule has 1 unspecified atom stereocenters. The van der Waals surface area contributed by atoms with E-state index in [4.69, 9.17) is 0 Å². The van der Waals surface area contributed by atoms with Gasteiger partial charge in [0.1, 0.15) is 0 Å². The average molecular weight is 213 g/mol. The second-order valence-corrected chi connectivity index (χ2v) is 5.75. The molecule has 1 fully saturated rings. The zero-order valence-electron chi connectivity index (χ0n) is 10.5. The zero-order valence-corrected chi connectivity index (χ0v) is 10.5. The van der Waals surface area contributed by atoms with Crippen molar-refractivity contribution in [1.82, 2.24) is 9.96 Å². The Kier molecular flexibility index (Phi) is 2.87. The van der Waals surface area contributed by atoms with Gasteiger partial charge in [0, 0.05) is 19.6 Å². The van der Waals surface area contributed by atoms with Crippen molar-refractivity contribution in [2.45, 2.75) is 45.2 Å². The van der Waals surface area contributed by atoms with Crippen LogP contribution in [0.4, 0.5) is 0 Å². The molecule has 1 amide bonds. The van der Waals surface area contributed by atoms with E-state index < -0.39 is 11.1 Å². The predicted molar refractivity (Wildman–Crippen MR) is 57.5 cm³/mol. The summed E-state index contributed by atoms with van der Waals surface area (Å²) in [7, 11) is 3.47. The van der Waals surface area contributed by atoms with Crippen molar-refractivity contribution in [2.24, 2.45) is 5.92 Å². The van der Waals surface area contributed by atoms with E-state index in [0.717, 1.165) is 5.06 Å². The van der Waals surface area contributed by atoms with E-state index in [0.29, 0.717) is 6.42 Å². The molecule has 1 rings (SSSR count). The second-order valence-electron chi connectivity index (χ2n) is 5.75. The van der Waals surface area contributed by atoms with Crippen molar-refractivity contribution in [2.75, 3.05) is 14.1 Å². The first-order valence-electron chi connectivity index (χ1n) is 5.29. The summed E-state index contributed by atoms with van der Waals surface area (Å²) in [5, 5.41) is 13.1. The first-order chi connectivity index (χ1) is 6.60. The molecule has 0 aromatic carbocycles. The normalized spacial score (nSPS) is 29.1. The molecule has 1 saturated heterocycles. The Bertz CT molecular complexity index is 272. The fourth-order valence-electron chi connectivity index (χ4n) is 2.45. The third-order valence-corrected chi connectivity index (χ3v) is 3.37. The third kappa shape index (κ3) is 1.88. The van der Waals surface area contributed by atoms with E-state index in [9.17, 15) is 10.0 Å². The van der Waals surface area contributed by atoms with Gasteiger partial charge in [-0.25, -0.2) is 0 Å². The molecule has 0 saturated carbocycles. The number of hydrogen-bond donors (Lipinski definition) is 0. The van der Waals surface area contributed by atoms with Gasteiger partial charge in [-0.15, -0.1) is 10.3 Å². The molecule has 0 bridgehead atoms. The van der Waals surface area contributed by atoms with Gasteiger partial charge >= 0.3 is 0 Å². The van der Waals surface area contributed by atoms with Crippen LogP contribution in [0.2, 0.25) is 0 Å². The van der Waals surface area contributed by atoms with Gasteiger partial charge in [0.05, 0.1) is 11.5 Å². The molecular weight excluding hydrogens is 192 g/mol. The van der Waals surface area contributed by atoms with Gasteiger partial charge in [0.2, 0.25) is 5.91 Å². The smallest absolute Gasteiger partial charge is 0.227 e. The Balaban J connectivity index is 2.99. The molecule has 87 valence electrons. The molecule has 0 aromatic rings. The van der Waals surface area contributed by atoms with Crippen molar-refractivity contribution in [3.05, 3.63) is 0 Å². The lowest BCUT2D eigenvalue weighted by molar-refractivity contribution is -0.248. The SMILES string of the molecule is CN(C)C(=O)C1CC(C)(C)N([O])C1(C)C. The topological polar surface area (TPSA) is 43.5 Å². The van der Waals surface area contributed by atoms with Crippen LogP contribution in [-0.2, 0) is 10.0 Å². The maximum Gasteiger partial charge on any atom is 0.227 e. The van der Waals surface area contributed by atoms with Crippen LogP contribution in [0, 0.1) is 5.92 Å². The van der Waals surface area contributed by atoms with E-state index in [1.54, 1.807) is 19.0 Å². The molecule has 0 aliphatic carbocycles. The summed E-state index contributed by atoms with van der Waals surface area (Å²) in [6.45, 7) is 7.48. The lowest BCUT2D eigenvalue weighted by atomic mass is 9.86. The minimum atomic E-state index is -0.606. The van der Waals surface area contributed by atoms with Gasteiger partial charge in [-0.1, -0.05) is 0 Å². The van der Waals surface area contributed by atoms with Crippen molar-refractivity contribution in [3.63, 3.8) is 0 Å². The first-order valence-corrected chi connectivity index (χ1v) is 5.29. The summed E-state index contributed by atoms with van der Waals surface area (Å²) in [5.74, 6) is -0.161. The van der Waals surface area contributed by atoms with Crippen LogP contribution in [-0.4, -0.2) is 41.0 Å². The van der Waals surface area contributed by atoms with E-state index in [1.165, 1.54) is 0 Å². The summed E-state index contributed by atoms with van der Waals surface area (Å²) in [6.07, 6.45) is 0.626.